The molecule has 0 aliphatic heterocycles. The van der Waals surface area contributed by atoms with Crippen molar-refractivity contribution in [2.75, 3.05) is 48.5 Å². The highest BCUT2D eigenvalue weighted by Crippen LogP contribution is 2.35. The SMILES string of the molecule is CNc1cc(Nc2ccccc2)c(N=C2C=CC(NCCCCCCCCNc3ccc4nc5cc(C)c(NC)cc5[n+](-c5ccccc5)c4c3C)=C(C)C2)cc1C. The molecule has 0 spiro atoms. The van der Waals surface area contributed by atoms with Gasteiger partial charge in [-0.05, 0) is 112 Å². The highest BCUT2D eigenvalue weighted by Gasteiger charge is 2.24. The van der Waals surface area contributed by atoms with Crippen molar-refractivity contribution in [3.05, 3.63) is 137 Å². The minimum Gasteiger partial charge on any atom is -0.388 e. The third-order valence-corrected chi connectivity index (χ3v) is 11.2. The number of nitrogens with zero attached hydrogens (tertiary/aromatic N) is 3. The number of allylic oxidation sites excluding steroid dienone is 3. The van der Waals surface area contributed by atoms with E-state index in [0.29, 0.717) is 0 Å². The Morgan fingerprint density at radius 3 is 1.98 bits per heavy atom. The van der Waals surface area contributed by atoms with Crippen molar-refractivity contribution in [3.63, 3.8) is 0 Å². The first-order chi connectivity index (χ1) is 28.3. The third-order valence-electron chi connectivity index (χ3n) is 11.2. The average Bonchev–Trinajstić information content (AvgIpc) is 3.23. The monoisotopic (exact) mass is 771 g/mol. The van der Waals surface area contributed by atoms with Crippen LogP contribution >= 0.6 is 0 Å². The highest BCUT2D eigenvalue weighted by molar-refractivity contribution is 6.01. The van der Waals surface area contributed by atoms with Crippen molar-refractivity contribution in [3.8, 4) is 5.69 Å². The maximum atomic E-state index is 5.13. The van der Waals surface area contributed by atoms with Crippen molar-refractivity contribution >= 4 is 61.9 Å². The summed E-state index contributed by atoms with van der Waals surface area (Å²) < 4.78 is 2.37. The Morgan fingerprint density at radius 2 is 1.28 bits per heavy atom. The number of nitrogens with one attached hydrogen (secondary N) is 5. The maximum absolute atomic E-state index is 5.13. The van der Waals surface area contributed by atoms with E-state index in [1.807, 2.05) is 32.3 Å². The predicted molar refractivity (Wildman–Crippen MR) is 248 cm³/mol. The Kier molecular flexibility index (Phi) is 13.0. The second-order valence-electron chi connectivity index (χ2n) is 15.5. The number of unbranched alkanes of at least 4 members (excludes halogenated alkanes) is 5. The number of hydrogen-bond acceptors (Lipinski definition) is 7. The van der Waals surface area contributed by atoms with Gasteiger partial charge < -0.3 is 26.6 Å². The Bertz CT molecular complexity index is 2470. The Morgan fingerprint density at radius 1 is 0.621 bits per heavy atom. The molecule has 7 rings (SSSR count). The van der Waals surface area contributed by atoms with Crippen LogP contribution in [0.2, 0.25) is 0 Å². The lowest BCUT2D eigenvalue weighted by atomic mass is 10.0. The van der Waals surface area contributed by atoms with E-state index in [0.717, 1.165) is 87.8 Å². The van der Waals surface area contributed by atoms with E-state index in [2.05, 4.69) is 150 Å². The van der Waals surface area contributed by atoms with Gasteiger partial charge in [0.15, 0.2) is 0 Å². The van der Waals surface area contributed by atoms with E-state index < -0.39 is 0 Å². The fourth-order valence-electron chi connectivity index (χ4n) is 7.99. The Hall–Kier alpha value is -6.15. The van der Waals surface area contributed by atoms with Gasteiger partial charge in [-0.25, -0.2) is 4.98 Å². The molecule has 6 aromatic rings. The summed E-state index contributed by atoms with van der Waals surface area (Å²) in [5, 5.41) is 17.7. The predicted octanol–water partition coefficient (Wildman–Crippen LogP) is 11.8. The van der Waals surface area contributed by atoms with Crippen molar-refractivity contribution < 1.29 is 4.57 Å². The van der Waals surface area contributed by atoms with Crippen LogP contribution < -0.4 is 31.2 Å². The van der Waals surface area contributed by atoms with Crippen molar-refractivity contribution in [2.24, 2.45) is 4.99 Å². The normalized spacial score (nSPS) is 13.4. The minimum atomic E-state index is 0.835. The summed E-state index contributed by atoms with van der Waals surface area (Å²) in [4.78, 5) is 10.2. The van der Waals surface area contributed by atoms with E-state index in [4.69, 9.17) is 9.98 Å². The molecule has 1 heterocycles. The second kappa shape index (κ2) is 18.9. The molecule has 0 unspecified atom stereocenters. The van der Waals surface area contributed by atoms with E-state index in [1.54, 1.807) is 0 Å². The van der Waals surface area contributed by atoms with Gasteiger partial charge in [-0.15, -0.1) is 4.57 Å². The number of benzene rings is 5. The minimum absolute atomic E-state index is 0.835. The van der Waals surface area contributed by atoms with Crippen LogP contribution in [0.3, 0.4) is 0 Å². The lowest BCUT2D eigenvalue weighted by Crippen LogP contribution is -2.34. The van der Waals surface area contributed by atoms with E-state index >= 15 is 0 Å². The van der Waals surface area contributed by atoms with Gasteiger partial charge in [0.25, 0.3) is 0 Å². The Balaban J connectivity index is 0.874. The fourth-order valence-corrected chi connectivity index (χ4v) is 7.99. The van der Waals surface area contributed by atoms with Gasteiger partial charge in [0, 0.05) is 91.5 Å². The lowest BCUT2D eigenvalue weighted by molar-refractivity contribution is -0.538. The number of aromatic nitrogens is 2. The summed E-state index contributed by atoms with van der Waals surface area (Å²) in [6.45, 7) is 10.6. The van der Waals surface area contributed by atoms with Crippen LogP contribution in [0, 0.1) is 20.8 Å². The van der Waals surface area contributed by atoms with Crippen LogP contribution in [0.25, 0.3) is 27.8 Å². The van der Waals surface area contributed by atoms with Gasteiger partial charge in [-0.2, -0.15) is 0 Å². The van der Waals surface area contributed by atoms with Gasteiger partial charge in [0.2, 0.25) is 16.7 Å². The van der Waals surface area contributed by atoms with E-state index in [-0.39, 0.29) is 0 Å². The van der Waals surface area contributed by atoms with Gasteiger partial charge in [0.1, 0.15) is 11.0 Å². The molecule has 0 radical (unpaired) electrons. The zero-order chi connectivity index (χ0) is 40.4. The maximum Gasteiger partial charge on any atom is 0.242 e. The first-order valence-corrected chi connectivity index (χ1v) is 20.9. The summed E-state index contributed by atoms with van der Waals surface area (Å²) in [5.41, 5.74) is 18.9. The van der Waals surface area contributed by atoms with Gasteiger partial charge in [0.05, 0.1) is 11.4 Å². The summed E-state index contributed by atoms with van der Waals surface area (Å²) in [6, 6.07) is 34.0. The topological polar surface area (TPSA) is 89.3 Å². The van der Waals surface area contributed by atoms with Crippen LogP contribution in [0.4, 0.5) is 34.1 Å². The summed E-state index contributed by atoms with van der Waals surface area (Å²) in [7, 11) is 3.94. The van der Waals surface area contributed by atoms with E-state index in [1.165, 1.54) is 65.8 Å². The van der Waals surface area contributed by atoms with E-state index in [9.17, 15) is 0 Å². The molecule has 1 aromatic heterocycles. The van der Waals surface area contributed by atoms with Crippen LogP contribution in [-0.2, 0) is 0 Å². The van der Waals surface area contributed by atoms with Gasteiger partial charge >= 0.3 is 0 Å². The van der Waals surface area contributed by atoms with Crippen molar-refractivity contribution in [1.29, 1.82) is 0 Å². The lowest BCUT2D eigenvalue weighted by Gasteiger charge is -2.18. The molecule has 0 saturated heterocycles. The first-order valence-electron chi connectivity index (χ1n) is 20.9. The van der Waals surface area contributed by atoms with Gasteiger partial charge in [-0.3, -0.25) is 4.99 Å². The van der Waals surface area contributed by atoms with Crippen molar-refractivity contribution in [2.45, 2.75) is 72.6 Å². The molecule has 5 N–H and O–H groups in total. The smallest absolute Gasteiger partial charge is 0.242 e. The summed E-state index contributed by atoms with van der Waals surface area (Å²) >= 11 is 0. The number of anilines is 5. The number of rotatable bonds is 17. The molecule has 1 aliphatic rings. The van der Waals surface area contributed by atoms with Crippen LogP contribution in [0.15, 0.2) is 125 Å². The summed E-state index contributed by atoms with van der Waals surface area (Å²) in [6.07, 6.45) is 12.5. The first kappa shape index (κ1) is 40.1. The molecule has 5 aromatic carbocycles. The number of hydrogen-bond donors (Lipinski definition) is 5. The quantitative estimate of drug-likeness (QED) is 0.0360. The number of aliphatic imine (C=N–C) groups is 1. The average molecular weight is 772 g/mol. The highest BCUT2D eigenvalue weighted by atomic mass is 15.0. The molecule has 298 valence electrons. The largest absolute Gasteiger partial charge is 0.388 e. The molecular weight excluding hydrogens is 713 g/mol. The molecule has 58 heavy (non-hydrogen) atoms. The zero-order valence-corrected chi connectivity index (χ0v) is 35.1. The second-order valence-corrected chi connectivity index (χ2v) is 15.5. The molecule has 0 saturated carbocycles. The zero-order valence-electron chi connectivity index (χ0n) is 35.1. The molecule has 0 fully saturated rings. The fraction of sp³-hybridized carbons (Fsp3) is 0.300. The Labute approximate surface area is 344 Å². The molecular formula is C50H59N8+. The standard InChI is InChI=1S/C50H58N8/c1-34-29-39(56-46-30-35(2)44(51-5)32-47(46)55-38-19-13-11-14-20-38)23-24-41(34)53-27-17-9-7-8-10-18-28-54-42-25-26-43-50(37(42)4)58(40-21-15-12-16-22-40)49-33-45(52-6)36(3)31-48(49)57-43/h11-16,19-26,30-33,51,53,55H,7-10,17-18,27-29H2,1-6H3,(H,52,54)/p+1. The van der Waals surface area contributed by atoms with Crippen LogP contribution in [0.5, 0.6) is 0 Å². The van der Waals surface area contributed by atoms with Crippen molar-refractivity contribution in [1.82, 2.24) is 10.3 Å². The van der Waals surface area contributed by atoms with Crippen LogP contribution in [-0.4, -0.2) is 37.9 Å². The molecule has 1 aliphatic carbocycles. The number of aryl methyl sites for hydroxylation is 3. The molecule has 8 heteroatoms. The number of fused-ring (bicyclic) bond motifs is 2. The van der Waals surface area contributed by atoms with Gasteiger partial charge in [-0.1, -0.05) is 62.1 Å². The molecule has 8 nitrogen and oxygen atoms in total. The molecule has 0 bridgehead atoms. The third kappa shape index (κ3) is 9.34. The number of para-hydroxylation sites is 2. The van der Waals surface area contributed by atoms with Crippen LogP contribution in [0.1, 0.15) is 68.6 Å². The molecule has 0 atom stereocenters. The summed E-state index contributed by atoms with van der Waals surface area (Å²) in [5.74, 6) is 0. The molecule has 0 amide bonds.